The molecule has 0 aliphatic heterocycles. The van der Waals surface area contributed by atoms with Crippen LogP contribution in [-0.2, 0) is 13.2 Å². The van der Waals surface area contributed by atoms with E-state index >= 15 is 0 Å². The minimum atomic E-state index is -0.374. The van der Waals surface area contributed by atoms with E-state index in [9.17, 15) is 4.39 Å². The molecule has 126 valence electrons. The molecule has 2 heterocycles. The summed E-state index contributed by atoms with van der Waals surface area (Å²) in [5, 5.41) is 6.35. The number of thiophene rings is 1. The zero-order valence-electron chi connectivity index (χ0n) is 13.2. The highest BCUT2D eigenvalue weighted by Gasteiger charge is 2.11. The second-order valence-corrected chi connectivity index (χ2v) is 6.57. The summed E-state index contributed by atoms with van der Waals surface area (Å²) < 4.78 is 25.8. The number of aromatic nitrogens is 2. The Kier molecular flexibility index (Phi) is 5.08. The van der Waals surface area contributed by atoms with Gasteiger partial charge in [0.15, 0.2) is 11.6 Å². The van der Waals surface area contributed by atoms with Crippen molar-refractivity contribution >= 4 is 23.6 Å². The summed E-state index contributed by atoms with van der Waals surface area (Å²) >= 11 is 6.76. The Morgan fingerprint density at radius 1 is 1.42 bits per heavy atom. The van der Waals surface area contributed by atoms with Crippen LogP contribution in [0.2, 0.25) is 0 Å². The monoisotopic (exact) mass is 365 g/mol. The largest absolute Gasteiger partial charge is 0.494 e. The van der Waals surface area contributed by atoms with Gasteiger partial charge < -0.3 is 9.15 Å². The minimum Gasteiger partial charge on any atom is -0.494 e. The first kappa shape index (κ1) is 16.8. The smallest absolute Gasteiger partial charge is 0.288 e. The second-order valence-electron chi connectivity index (χ2n) is 5.27. The number of benzene rings is 1. The van der Waals surface area contributed by atoms with Crippen LogP contribution in [0.25, 0.3) is 10.8 Å². The molecule has 2 aromatic heterocycles. The molecule has 0 amide bonds. The molecular weight excluding hydrogens is 349 g/mol. The van der Waals surface area contributed by atoms with Gasteiger partial charge in [0.25, 0.3) is 10.7 Å². The first-order chi connectivity index (χ1) is 11.6. The predicted octanol–water partition coefficient (Wildman–Crippen LogP) is 4.17. The maximum atomic E-state index is 13.8. The van der Waals surface area contributed by atoms with E-state index in [1.54, 1.807) is 22.1 Å². The molecule has 1 aromatic carbocycles. The van der Waals surface area contributed by atoms with Crippen molar-refractivity contribution in [2.24, 2.45) is 0 Å². The molecule has 5 nitrogen and oxygen atoms in total. The van der Waals surface area contributed by atoms with E-state index in [-0.39, 0.29) is 11.6 Å². The third kappa shape index (κ3) is 3.72. The molecule has 0 radical (unpaired) electrons. The summed E-state index contributed by atoms with van der Waals surface area (Å²) in [5.41, 5.74) is 0.837. The molecule has 0 N–H and O–H groups in total. The Morgan fingerprint density at radius 3 is 2.92 bits per heavy atom. The summed E-state index contributed by atoms with van der Waals surface area (Å²) in [7, 11) is 3.35. The van der Waals surface area contributed by atoms with Gasteiger partial charge in [0.05, 0.1) is 18.7 Å². The molecule has 0 aliphatic carbocycles. The minimum absolute atomic E-state index is 0.237. The van der Waals surface area contributed by atoms with Crippen molar-refractivity contribution in [3.8, 4) is 16.5 Å². The van der Waals surface area contributed by atoms with Crippen LogP contribution in [0.1, 0.15) is 5.56 Å². The summed E-state index contributed by atoms with van der Waals surface area (Å²) in [6.45, 7) is 0.991. The van der Waals surface area contributed by atoms with Crippen LogP contribution in [0.5, 0.6) is 5.75 Å². The number of rotatable bonds is 6. The Morgan fingerprint density at radius 2 is 2.25 bits per heavy atom. The van der Waals surface area contributed by atoms with E-state index < -0.39 is 0 Å². The topological polar surface area (TPSA) is 43.4 Å². The molecule has 24 heavy (non-hydrogen) atoms. The van der Waals surface area contributed by atoms with Crippen molar-refractivity contribution < 1.29 is 13.5 Å². The van der Waals surface area contributed by atoms with E-state index in [1.807, 2.05) is 35.5 Å². The van der Waals surface area contributed by atoms with Crippen LogP contribution in [0.15, 0.2) is 40.1 Å². The highest BCUT2D eigenvalue weighted by Crippen LogP contribution is 2.23. The van der Waals surface area contributed by atoms with Crippen molar-refractivity contribution in [1.29, 1.82) is 0 Å². The van der Waals surface area contributed by atoms with Crippen LogP contribution >= 0.6 is 23.6 Å². The Bertz CT molecular complexity index is 874. The van der Waals surface area contributed by atoms with E-state index in [1.165, 1.54) is 13.2 Å². The number of methoxy groups -OCH3 is 1. The maximum absolute atomic E-state index is 13.8. The van der Waals surface area contributed by atoms with Crippen LogP contribution in [0, 0.1) is 10.7 Å². The van der Waals surface area contributed by atoms with E-state index in [0.717, 1.165) is 10.4 Å². The van der Waals surface area contributed by atoms with Gasteiger partial charge in [-0.15, -0.1) is 16.4 Å². The third-order valence-corrected chi connectivity index (χ3v) is 4.53. The lowest BCUT2D eigenvalue weighted by atomic mass is 10.2. The molecule has 3 rings (SSSR count). The number of hydrogen-bond donors (Lipinski definition) is 0. The second kappa shape index (κ2) is 7.25. The molecule has 0 saturated heterocycles. The van der Waals surface area contributed by atoms with Gasteiger partial charge in [0.2, 0.25) is 0 Å². The Labute approximate surface area is 147 Å². The lowest BCUT2D eigenvalue weighted by Crippen LogP contribution is -2.22. The molecule has 0 atom stereocenters. The zero-order chi connectivity index (χ0) is 17.1. The first-order valence-electron chi connectivity index (χ1n) is 7.19. The first-order valence-corrected chi connectivity index (χ1v) is 8.48. The third-order valence-electron chi connectivity index (χ3n) is 3.38. The highest BCUT2D eigenvalue weighted by molar-refractivity contribution is 7.71. The van der Waals surface area contributed by atoms with Gasteiger partial charge in [0, 0.05) is 6.54 Å². The van der Waals surface area contributed by atoms with Crippen molar-refractivity contribution in [3.63, 3.8) is 0 Å². The van der Waals surface area contributed by atoms with Gasteiger partial charge in [-0.1, -0.05) is 12.1 Å². The Balaban J connectivity index is 1.70. The summed E-state index contributed by atoms with van der Waals surface area (Å²) in [6.07, 6.45) is 0. The standard InChI is InChI=1S/C16H16FN3O2S2/c1-19(9-11-5-6-13(21-2)12(17)8-11)10-20-16(23)22-15(18-20)14-4-3-7-24-14/h3-8H,9-10H2,1-2H3. The molecule has 3 aromatic rings. The van der Waals surface area contributed by atoms with E-state index in [4.69, 9.17) is 21.4 Å². The normalized spacial score (nSPS) is 11.2. The van der Waals surface area contributed by atoms with Crippen molar-refractivity contribution in [1.82, 2.24) is 14.7 Å². The molecule has 0 bridgehead atoms. The van der Waals surface area contributed by atoms with Crippen LogP contribution in [-0.4, -0.2) is 28.8 Å². The number of hydrogen-bond acceptors (Lipinski definition) is 6. The fourth-order valence-corrected chi connectivity index (χ4v) is 3.12. The average molecular weight is 365 g/mol. The molecular formula is C16H16FN3O2S2. The van der Waals surface area contributed by atoms with E-state index in [0.29, 0.717) is 23.9 Å². The molecule has 0 spiro atoms. The van der Waals surface area contributed by atoms with Gasteiger partial charge in [-0.2, -0.15) is 0 Å². The quantitative estimate of drug-likeness (QED) is 0.614. The van der Waals surface area contributed by atoms with Crippen molar-refractivity contribution in [3.05, 3.63) is 51.9 Å². The number of ether oxygens (including phenoxy) is 1. The fourth-order valence-electron chi connectivity index (χ4n) is 2.29. The van der Waals surface area contributed by atoms with Crippen LogP contribution in [0.4, 0.5) is 4.39 Å². The zero-order valence-corrected chi connectivity index (χ0v) is 14.9. The van der Waals surface area contributed by atoms with Crippen LogP contribution in [0.3, 0.4) is 0 Å². The predicted molar refractivity (Wildman–Crippen MR) is 93.1 cm³/mol. The highest BCUT2D eigenvalue weighted by atomic mass is 32.1. The van der Waals surface area contributed by atoms with Gasteiger partial charge in [-0.25, -0.2) is 9.07 Å². The van der Waals surface area contributed by atoms with Gasteiger partial charge in [0.1, 0.15) is 0 Å². The van der Waals surface area contributed by atoms with E-state index in [2.05, 4.69) is 5.10 Å². The summed E-state index contributed by atoms with van der Waals surface area (Å²) in [6, 6.07) is 8.78. The van der Waals surface area contributed by atoms with Crippen LogP contribution < -0.4 is 4.74 Å². The van der Waals surface area contributed by atoms with Gasteiger partial charge in [-0.05, 0) is 48.4 Å². The molecule has 0 fully saturated rings. The van der Waals surface area contributed by atoms with Crippen molar-refractivity contribution in [2.45, 2.75) is 13.2 Å². The number of nitrogens with zero attached hydrogens (tertiary/aromatic N) is 3. The average Bonchev–Trinajstić information content (AvgIpc) is 3.18. The van der Waals surface area contributed by atoms with Gasteiger partial charge in [-0.3, -0.25) is 4.90 Å². The molecule has 8 heteroatoms. The summed E-state index contributed by atoms with van der Waals surface area (Å²) in [4.78, 5) is 3.21. The van der Waals surface area contributed by atoms with Gasteiger partial charge >= 0.3 is 0 Å². The van der Waals surface area contributed by atoms with Crippen molar-refractivity contribution in [2.75, 3.05) is 14.2 Å². The SMILES string of the molecule is COc1ccc(CN(C)Cn2nc(-c3cccs3)oc2=S)cc1F. The molecule has 0 saturated carbocycles. The Hall–Kier alpha value is -2.03. The maximum Gasteiger partial charge on any atom is 0.288 e. The molecule has 0 aliphatic rings. The lowest BCUT2D eigenvalue weighted by Gasteiger charge is -2.16. The summed E-state index contributed by atoms with van der Waals surface area (Å²) in [5.74, 6) is 0.376. The lowest BCUT2D eigenvalue weighted by molar-refractivity contribution is 0.240. The molecule has 0 unspecified atom stereocenters. The fraction of sp³-hybridized carbons (Fsp3) is 0.250. The number of halogens is 1.